The number of rotatable bonds is 6. The van der Waals surface area contributed by atoms with Crippen LogP contribution >= 0.6 is 23.8 Å². The second-order valence-corrected chi connectivity index (χ2v) is 4.93. The quantitative estimate of drug-likeness (QED) is 0.802. The van der Waals surface area contributed by atoms with Crippen molar-refractivity contribution in [1.29, 1.82) is 0 Å². The van der Waals surface area contributed by atoms with Gasteiger partial charge in [-0.05, 0) is 25.0 Å². The van der Waals surface area contributed by atoms with Crippen LogP contribution in [0.25, 0.3) is 0 Å². The van der Waals surface area contributed by atoms with Gasteiger partial charge in [0.15, 0.2) is 0 Å². The molecule has 0 amide bonds. The van der Waals surface area contributed by atoms with Crippen molar-refractivity contribution in [3.05, 3.63) is 34.3 Å². The molecule has 4 heteroatoms. The van der Waals surface area contributed by atoms with Gasteiger partial charge in [-0.15, -0.1) is 0 Å². The maximum Gasteiger partial charge on any atom is 0.104 e. The Bertz CT molecular complexity index is 395. The third kappa shape index (κ3) is 4.62. The topological polar surface area (TPSA) is 35.2 Å². The maximum atomic E-state index is 6.14. The predicted molar refractivity (Wildman–Crippen MR) is 76.5 cm³/mol. The molecule has 2 nitrogen and oxygen atoms in total. The minimum atomic E-state index is 0.256. The summed E-state index contributed by atoms with van der Waals surface area (Å²) in [4.78, 5) is 0.360. The van der Waals surface area contributed by atoms with Crippen LogP contribution in [0.1, 0.15) is 37.8 Å². The minimum Gasteiger partial charge on any atom is -0.389 e. The number of halogens is 1. The number of ether oxygens (including phenoxy) is 1. The van der Waals surface area contributed by atoms with Crippen molar-refractivity contribution in [3.8, 4) is 0 Å². The molecule has 1 aromatic rings. The van der Waals surface area contributed by atoms with Crippen LogP contribution in [-0.4, -0.2) is 11.1 Å². The van der Waals surface area contributed by atoms with Gasteiger partial charge < -0.3 is 10.5 Å². The Morgan fingerprint density at radius 3 is 2.76 bits per heavy atom. The Balaban J connectivity index is 2.63. The van der Waals surface area contributed by atoms with Gasteiger partial charge in [0.2, 0.25) is 0 Å². The van der Waals surface area contributed by atoms with Gasteiger partial charge in [-0.3, -0.25) is 0 Å². The zero-order valence-electron chi connectivity index (χ0n) is 10.2. The average molecular weight is 272 g/mol. The first kappa shape index (κ1) is 14.4. The Hall–Kier alpha value is -0.640. The molecule has 0 aliphatic rings. The van der Waals surface area contributed by atoms with E-state index in [9.17, 15) is 0 Å². The molecule has 0 aliphatic carbocycles. The molecule has 0 spiro atoms. The summed E-state index contributed by atoms with van der Waals surface area (Å²) in [6.45, 7) is 4.74. The number of nitrogens with two attached hydrogens (primary N) is 1. The molecule has 1 aromatic carbocycles. The van der Waals surface area contributed by atoms with Crippen LogP contribution in [0.5, 0.6) is 0 Å². The average Bonchev–Trinajstić information content (AvgIpc) is 2.27. The van der Waals surface area contributed by atoms with E-state index in [1.165, 1.54) is 0 Å². The van der Waals surface area contributed by atoms with E-state index in [2.05, 4.69) is 13.8 Å². The van der Waals surface area contributed by atoms with Crippen molar-refractivity contribution in [1.82, 2.24) is 0 Å². The summed E-state index contributed by atoms with van der Waals surface area (Å²) < 4.78 is 5.70. The van der Waals surface area contributed by atoms with E-state index in [0.29, 0.717) is 16.6 Å². The number of thiocarbonyl (C=S) groups is 1. The molecule has 0 saturated heterocycles. The van der Waals surface area contributed by atoms with Gasteiger partial charge in [0.05, 0.1) is 12.7 Å². The summed E-state index contributed by atoms with van der Waals surface area (Å²) in [5, 5.41) is 0.652. The van der Waals surface area contributed by atoms with E-state index in [0.717, 1.165) is 24.0 Å². The van der Waals surface area contributed by atoms with Crippen LogP contribution in [0.4, 0.5) is 0 Å². The predicted octanol–water partition coefficient (Wildman–Crippen LogP) is 3.68. The van der Waals surface area contributed by atoms with E-state index in [1.807, 2.05) is 12.1 Å². The lowest BCUT2D eigenvalue weighted by Crippen LogP contribution is -2.10. The van der Waals surface area contributed by atoms with E-state index in [-0.39, 0.29) is 6.10 Å². The molecule has 1 unspecified atom stereocenters. The minimum absolute atomic E-state index is 0.256. The molecule has 0 fully saturated rings. The molecule has 0 bridgehead atoms. The van der Waals surface area contributed by atoms with Gasteiger partial charge in [-0.25, -0.2) is 0 Å². The second-order valence-electron chi connectivity index (χ2n) is 4.08. The van der Waals surface area contributed by atoms with Crippen molar-refractivity contribution in [2.45, 2.75) is 39.4 Å². The van der Waals surface area contributed by atoms with Crippen LogP contribution in [0, 0.1) is 0 Å². The van der Waals surface area contributed by atoms with Gasteiger partial charge in [-0.2, -0.15) is 0 Å². The lowest BCUT2D eigenvalue weighted by Gasteiger charge is -2.13. The fraction of sp³-hybridized carbons (Fsp3) is 0.462. The van der Waals surface area contributed by atoms with Gasteiger partial charge in [0.1, 0.15) is 4.99 Å². The third-order valence-electron chi connectivity index (χ3n) is 2.56. The second kappa shape index (κ2) is 6.94. The Kier molecular flexibility index (Phi) is 5.89. The van der Waals surface area contributed by atoms with Crippen LogP contribution in [-0.2, 0) is 11.3 Å². The number of hydrogen-bond acceptors (Lipinski definition) is 2. The lowest BCUT2D eigenvalue weighted by molar-refractivity contribution is 0.0472. The first-order chi connectivity index (χ1) is 8.04. The monoisotopic (exact) mass is 271 g/mol. The summed E-state index contributed by atoms with van der Waals surface area (Å²) in [5.74, 6) is 0. The highest BCUT2D eigenvalue weighted by atomic mass is 35.5. The number of hydrogen-bond donors (Lipinski definition) is 1. The Morgan fingerprint density at radius 2 is 2.24 bits per heavy atom. The van der Waals surface area contributed by atoms with E-state index in [1.54, 1.807) is 6.07 Å². The van der Waals surface area contributed by atoms with Crippen LogP contribution in [0.3, 0.4) is 0 Å². The molecule has 0 radical (unpaired) electrons. The standard InChI is InChI=1S/C13H18ClNOS/c1-3-4-9(2)16-8-11-6-5-10(13(15)17)7-12(11)14/h5-7,9H,3-4,8H2,1-2H3,(H2,15,17). The van der Waals surface area contributed by atoms with Crippen molar-refractivity contribution in [2.75, 3.05) is 0 Å². The molecule has 1 atom stereocenters. The summed E-state index contributed by atoms with van der Waals surface area (Å²) in [6.07, 6.45) is 2.43. The molecule has 94 valence electrons. The summed E-state index contributed by atoms with van der Waals surface area (Å²) >= 11 is 11.0. The first-order valence-electron chi connectivity index (χ1n) is 5.74. The Morgan fingerprint density at radius 1 is 1.53 bits per heavy atom. The van der Waals surface area contributed by atoms with Crippen molar-refractivity contribution in [2.24, 2.45) is 5.73 Å². The molecular weight excluding hydrogens is 254 g/mol. The molecule has 1 rings (SSSR count). The summed E-state index contributed by atoms with van der Waals surface area (Å²) in [7, 11) is 0. The maximum absolute atomic E-state index is 6.14. The van der Waals surface area contributed by atoms with E-state index >= 15 is 0 Å². The zero-order chi connectivity index (χ0) is 12.8. The van der Waals surface area contributed by atoms with Gasteiger partial charge in [0.25, 0.3) is 0 Å². The molecule has 2 N–H and O–H groups in total. The highest BCUT2D eigenvalue weighted by Crippen LogP contribution is 2.19. The highest BCUT2D eigenvalue weighted by Gasteiger charge is 2.06. The fourth-order valence-corrected chi connectivity index (χ4v) is 1.90. The largest absolute Gasteiger partial charge is 0.389 e. The summed E-state index contributed by atoms with van der Waals surface area (Å²) in [5.41, 5.74) is 7.29. The molecule has 0 heterocycles. The smallest absolute Gasteiger partial charge is 0.104 e. The lowest BCUT2D eigenvalue weighted by atomic mass is 10.1. The van der Waals surface area contributed by atoms with Crippen molar-refractivity contribution in [3.63, 3.8) is 0 Å². The third-order valence-corrected chi connectivity index (χ3v) is 3.14. The van der Waals surface area contributed by atoms with E-state index in [4.69, 9.17) is 34.3 Å². The molecular formula is C13H18ClNOS. The fourth-order valence-electron chi connectivity index (χ4n) is 1.54. The SMILES string of the molecule is CCCC(C)OCc1ccc(C(N)=S)cc1Cl. The zero-order valence-corrected chi connectivity index (χ0v) is 11.8. The van der Waals surface area contributed by atoms with Crippen molar-refractivity contribution < 1.29 is 4.74 Å². The molecule has 17 heavy (non-hydrogen) atoms. The highest BCUT2D eigenvalue weighted by molar-refractivity contribution is 7.80. The van der Waals surface area contributed by atoms with Gasteiger partial charge in [0, 0.05) is 10.6 Å². The van der Waals surface area contributed by atoms with Crippen LogP contribution < -0.4 is 5.73 Å². The van der Waals surface area contributed by atoms with Gasteiger partial charge in [-0.1, -0.05) is 49.3 Å². The molecule has 0 aromatic heterocycles. The van der Waals surface area contributed by atoms with Crippen LogP contribution in [0.2, 0.25) is 5.02 Å². The first-order valence-corrected chi connectivity index (χ1v) is 6.53. The van der Waals surface area contributed by atoms with E-state index < -0.39 is 0 Å². The molecule has 0 saturated carbocycles. The van der Waals surface area contributed by atoms with Crippen LogP contribution in [0.15, 0.2) is 18.2 Å². The summed E-state index contributed by atoms with van der Waals surface area (Å²) in [6, 6.07) is 5.57. The molecule has 0 aliphatic heterocycles. The van der Waals surface area contributed by atoms with Gasteiger partial charge >= 0.3 is 0 Å². The number of benzene rings is 1. The van der Waals surface area contributed by atoms with Crippen molar-refractivity contribution >= 4 is 28.8 Å². The Labute approximate surface area is 113 Å². The normalized spacial score (nSPS) is 12.4.